The first-order valence-electron chi connectivity index (χ1n) is 4.79. The predicted octanol–water partition coefficient (Wildman–Crippen LogP) is 0.486. The summed E-state index contributed by atoms with van der Waals surface area (Å²) in [5.74, 6) is -2.78. The van der Waals surface area contributed by atoms with Crippen LogP contribution in [0.3, 0.4) is 0 Å². The molecule has 19 heavy (non-hydrogen) atoms. The Bertz CT molecular complexity index is 637. The molecule has 1 aromatic carbocycles. The number of benzene rings is 1. The fourth-order valence-electron chi connectivity index (χ4n) is 1.39. The van der Waals surface area contributed by atoms with Gasteiger partial charge in [0.15, 0.2) is 0 Å². The SMILES string of the molecule is NC(=O)c1cc(-n2nnnc2C(F)(F)F)ccc1O. The van der Waals surface area contributed by atoms with Crippen molar-refractivity contribution in [3.8, 4) is 11.4 Å². The summed E-state index contributed by atoms with van der Waals surface area (Å²) < 4.78 is 38.2. The van der Waals surface area contributed by atoms with E-state index in [9.17, 15) is 23.1 Å². The van der Waals surface area contributed by atoms with E-state index in [1.165, 1.54) is 0 Å². The summed E-state index contributed by atoms with van der Waals surface area (Å²) in [6.45, 7) is 0. The lowest BCUT2D eigenvalue weighted by Gasteiger charge is -2.08. The van der Waals surface area contributed by atoms with Gasteiger partial charge in [-0.25, -0.2) is 0 Å². The molecule has 0 aliphatic rings. The van der Waals surface area contributed by atoms with Crippen LogP contribution in [0.1, 0.15) is 16.2 Å². The van der Waals surface area contributed by atoms with Gasteiger partial charge in [-0.05, 0) is 28.6 Å². The molecule has 7 nitrogen and oxygen atoms in total. The minimum absolute atomic E-state index is 0.149. The number of rotatable bonds is 2. The van der Waals surface area contributed by atoms with Crippen molar-refractivity contribution in [2.75, 3.05) is 0 Å². The molecule has 1 aromatic heterocycles. The number of nitrogens with zero attached hydrogens (tertiary/aromatic N) is 4. The molecule has 3 N–H and O–H groups in total. The van der Waals surface area contributed by atoms with Crippen LogP contribution in [0.2, 0.25) is 0 Å². The van der Waals surface area contributed by atoms with Crippen molar-refractivity contribution in [3.63, 3.8) is 0 Å². The van der Waals surface area contributed by atoms with Crippen LogP contribution in [-0.2, 0) is 6.18 Å². The number of carbonyl (C=O) groups excluding carboxylic acids is 1. The largest absolute Gasteiger partial charge is 0.507 e. The van der Waals surface area contributed by atoms with E-state index in [0.717, 1.165) is 18.2 Å². The summed E-state index contributed by atoms with van der Waals surface area (Å²) in [7, 11) is 0. The van der Waals surface area contributed by atoms with Crippen LogP contribution in [0.4, 0.5) is 13.2 Å². The highest BCUT2D eigenvalue weighted by atomic mass is 19.4. The maximum Gasteiger partial charge on any atom is 0.453 e. The van der Waals surface area contributed by atoms with Gasteiger partial charge in [-0.1, -0.05) is 0 Å². The zero-order chi connectivity index (χ0) is 14.2. The van der Waals surface area contributed by atoms with Gasteiger partial charge in [-0.3, -0.25) is 4.79 Å². The number of amides is 1. The van der Waals surface area contributed by atoms with Gasteiger partial charge in [0, 0.05) is 0 Å². The number of alkyl halides is 3. The maximum atomic E-state index is 12.6. The number of hydrogen-bond acceptors (Lipinski definition) is 5. The van der Waals surface area contributed by atoms with E-state index < -0.39 is 23.7 Å². The van der Waals surface area contributed by atoms with Crippen LogP contribution in [0.5, 0.6) is 5.75 Å². The molecule has 0 atom stereocenters. The first kappa shape index (κ1) is 12.8. The molecule has 0 aliphatic heterocycles. The summed E-state index contributed by atoms with van der Waals surface area (Å²) >= 11 is 0. The fraction of sp³-hybridized carbons (Fsp3) is 0.111. The van der Waals surface area contributed by atoms with Crippen LogP contribution >= 0.6 is 0 Å². The summed E-state index contributed by atoms with van der Waals surface area (Å²) in [6, 6.07) is 3.11. The van der Waals surface area contributed by atoms with Crippen LogP contribution in [0, 0.1) is 0 Å². The van der Waals surface area contributed by atoms with E-state index in [0.29, 0.717) is 4.68 Å². The molecule has 2 aromatic rings. The zero-order valence-electron chi connectivity index (χ0n) is 9.09. The molecule has 10 heteroatoms. The van der Waals surface area contributed by atoms with Crippen LogP contribution in [0.15, 0.2) is 18.2 Å². The summed E-state index contributed by atoms with van der Waals surface area (Å²) in [6.07, 6.45) is -4.76. The second kappa shape index (κ2) is 4.23. The Hall–Kier alpha value is -2.65. The average Bonchev–Trinajstić information content (AvgIpc) is 2.77. The number of aromatic hydroxyl groups is 1. The number of phenols is 1. The molecule has 0 saturated carbocycles. The highest BCUT2D eigenvalue weighted by molar-refractivity contribution is 5.96. The van der Waals surface area contributed by atoms with E-state index in [2.05, 4.69) is 15.5 Å². The Kier molecular flexibility index (Phi) is 2.85. The molecular formula is C9H6F3N5O2. The molecule has 0 fully saturated rings. The van der Waals surface area contributed by atoms with Gasteiger partial charge in [0.2, 0.25) is 0 Å². The van der Waals surface area contributed by atoms with Gasteiger partial charge in [0.1, 0.15) is 5.75 Å². The molecule has 0 spiro atoms. The normalized spacial score (nSPS) is 11.5. The molecule has 0 unspecified atom stereocenters. The van der Waals surface area contributed by atoms with Crippen molar-refractivity contribution >= 4 is 5.91 Å². The van der Waals surface area contributed by atoms with Crippen LogP contribution in [-0.4, -0.2) is 31.2 Å². The third kappa shape index (κ3) is 2.32. The van der Waals surface area contributed by atoms with Gasteiger partial charge >= 0.3 is 6.18 Å². The van der Waals surface area contributed by atoms with Crippen molar-refractivity contribution in [1.82, 2.24) is 20.2 Å². The van der Waals surface area contributed by atoms with Crippen LogP contribution in [0.25, 0.3) is 5.69 Å². The quantitative estimate of drug-likeness (QED) is 0.827. The summed E-state index contributed by atoms with van der Waals surface area (Å²) in [5, 5.41) is 18.3. The van der Waals surface area contributed by atoms with Gasteiger partial charge < -0.3 is 10.8 Å². The summed E-state index contributed by atoms with van der Waals surface area (Å²) in [4.78, 5) is 11.0. The van der Waals surface area contributed by atoms with Crippen molar-refractivity contribution in [3.05, 3.63) is 29.6 Å². The van der Waals surface area contributed by atoms with Crippen molar-refractivity contribution in [2.24, 2.45) is 5.73 Å². The number of tetrazole rings is 1. The minimum Gasteiger partial charge on any atom is -0.507 e. The lowest BCUT2D eigenvalue weighted by molar-refractivity contribution is -0.146. The number of carbonyl (C=O) groups is 1. The maximum absolute atomic E-state index is 12.6. The molecule has 0 radical (unpaired) electrons. The molecule has 0 bridgehead atoms. The highest BCUT2D eigenvalue weighted by Gasteiger charge is 2.38. The van der Waals surface area contributed by atoms with Crippen molar-refractivity contribution in [1.29, 1.82) is 0 Å². The fourth-order valence-corrected chi connectivity index (χ4v) is 1.39. The highest BCUT2D eigenvalue weighted by Crippen LogP contribution is 2.29. The number of halogens is 3. The van der Waals surface area contributed by atoms with Crippen molar-refractivity contribution < 1.29 is 23.1 Å². The standard InChI is InChI=1S/C9H6F3N5O2/c10-9(11,12)8-14-15-16-17(8)4-1-2-6(18)5(3-4)7(13)19/h1-3,18H,(H2,13,19). The molecular weight excluding hydrogens is 267 g/mol. The molecule has 1 amide bonds. The molecule has 0 aliphatic carbocycles. The molecule has 1 heterocycles. The van der Waals surface area contributed by atoms with E-state index in [-0.39, 0.29) is 11.3 Å². The lowest BCUT2D eigenvalue weighted by atomic mass is 10.1. The Labute approximate surface area is 103 Å². The number of nitrogens with two attached hydrogens (primary N) is 1. The molecule has 2 rings (SSSR count). The summed E-state index contributed by atoms with van der Waals surface area (Å²) in [5.41, 5.74) is 4.50. The van der Waals surface area contributed by atoms with E-state index in [1.807, 2.05) is 0 Å². The molecule has 100 valence electrons. The minimum atomic E-state index is -4.76. The smallest absolute Gasteiger partial charge is 0.453 e. The Balaban J connectivity index is 2.58. The number of aromatic nitrogens is 4. The van der Waals surface area contributed by atoms with E-state index in [1.54, 1.807) is 0 Å². The Morgan fingerprint density at radius 2 is 2.05 bits per heavy atom. The van der Waals surface area contributed by atoms with Gasteiger partial charge in [-0.15, -0.1) is 5.10 Å². The number of primary amides is 1. The second-order valence-electron chi connectivity index (χ2n) is 3.48. The third-order valence-electron chi connectivity index (χ3n) is 2.21. The van der Waals surface area contributed by atoms with Gasteiger partial charge in [0.25, 0.3) is 11.7 Å². The third-order valence-corrected chi connectivity index (χ3v) is 2.21. The lowest BCUT2D eigenvalue weighted by Crippen LogP contribution is -2.16. The zero-order valence-corrected chi connectivity index (χ0v) is 9.09. The van der Waals surface area contributed by atoms with E-state index >= 15 is 0 Å². The number of hydrogen-bond donors (Lipinski definition) is 2. The van der Waals surface area contributed by atoms with E-state index in [4.69, 9.17) is 5.73 Å². The second-order valence-corrected chi connectivity index (χ2v) is 3.48. The average molecular weight is 273 g/mol. The van der Waals surface area contributed by atoms with Gasteiger partial charge in [-0.2, -0.15) is 17.9 Å². The first-order valence-corrected chi connectivity index (χ1v) is 4.79. The van der Waals surface area contributed by atoms with Crippen LogP contribution < -0.4 is 5.73 Å². The first-order chi connectivity index (χ1) is 8.80. The van der Waals surface area contributed by atoms with Crippen molar-refractivity contribution in [2.45, 2.75) is 6.18 Å². The predicted molar refractivity (Wildman–Crippen MR) is 54.3 cm³/mol. The molecule has 0 saturated heterocycles. The Morgan fingerprint density at radius 1 is 1.37 bits per heavy atom. The van der Waals surface area contributed by atoms with Gasteiger partial charge in [0.05, 0.1) is 11.3 Å². The monoisotopic (exact) mass is 273 g/mol. The topological polar surface area (TPSA) is 107 Å². The Morgan fingerprint density at radius 3 is 2.63 bits per heavy atom.